The van der Waals surface area contributed by atoms with Crippen molar-refractivity contribution in [1.29, 1.82) is 0 Å². The number of rotatable bonds is 4. The monoisotopic (exact) mass is 316 g/mol. The van der Waals surface area contributed by atoms with Crippen molar-refractivity contribution in [2.45, 2.75) is 57.9 Å². The number of imidazole rings is 1. The highest BCUT2D eigenvalue weighted by atomic mass is 15.2. The molecule has 0 aromatic carbocycles. The van der Waals surface area contributed by atoms with Crippen LogP contribution in [0.2, 0.25) is 0 Å². The molecule has 1 aliphatic carbocycles. The Kier molecular flexibility index (Phi) is 4.72. The van der Waals surface area contributed by atoms with Crippen LogP contribution in [-0.4, -0.2) is 52.5 Å². The summed E-state index contributed by atoms with van der Waals surface area (Å²) < 4.78 is 0. The third-order valence-electron chi connectivity index (χ3n) is 6.45. The van der Waals surface area contributed by atoms with Gasteiger partial charge in [0.05, 0.1) is 6.33 Å². The van der Waals surface area contributed by atoms with E-state index in [1.54, 1.807) is 6.33 Å². The van der Waals surface area contributed by atoms with Crippen LogP contribution in [-0.2, 0) is 6.54 Å². The molecule has 1 atom stereocenters. The van der Waals surface area contributed by atoms with Crippen molar-refractivity contribution in [2.75, 3.05) is 32.7 Å². The summed E-state index contributed by atoms with van der Waals surface area (Å²) in [6, 6.07) is 0. The first-order chi connectivity index (χ1) is 11.3. The lowest BCUT2D eigenvalue weighted by Gasteiger charge is -2.42. The SMILES string of the molecule is c1ncc(CN2CCC3(CCCN(CC4CCCCC4)C3)C2)[nH]1. The highest BCUT2D eigenvalue weighted by molar-refractivity contribution is 4.99. The van der Waals surface area contributed by atoms with E-state index in [2.05, 4.69) is 19.8 Å². The van der Waals surface area contributed by atoms with Gasteiger partial charge in [0.15, 0.2) is 0 Å². The van der Waals surface area contributed by atoms with E-state index in [1.807, 2.05) is 6.20 Å². The zero-order valence-electron chi connectivity index (χ0n) is 14.5. The van der Waals surface area contributed by atoms with Crippen LogP contribution in [0.25, 0.3) is 0 Å². The third kappa shape index (κ3) is 3.80. The summed E-state index contributed by atoms with van der Waals surface area (Å²) >= 11 is 0. The zero-order valence-corrected chi connectivity index (χ0v) is 14.5. The van der Waals surface area contributed by atoms with Gasteiger partial charge in [-0.25, -0.2) is 4.98 Å². The van der Waals surface area contributed by atoms with Crippen molar-refractivity contribution < 1.29 is 0 Å². The Balaban J connectivity index is 1.31. The van der Waals surface area contributed by atoms with E-state index in [0.29, 0.717) is 5.41 Å². The van der Waals surface area contributed by atoms with Crippen LogP contribution < -0.4 is 0 Å². The van der Waals surface area contributed by atoms with Crippen molar-refractivity contribution >= 4 is 0 Å². The summed E-state index contributed by atoms with van der Waals surface area (Å²) in [5.74, 6) is 0.987. The van der Waals surface area contributed by atoms with Gasteiger partial charge in [0.25, 0.3) is 0 Å². The lowest BCUT2D eigenvalue weighted by atomic mass is 9.78. The average molecular weight is 316 g/mol. The Morgan fingerprint density at radius 2 is 1.91 bits per heavy atom. The minimum absolute atomic E-state index is 0.576. The first-order valence-electron chi connectivity index (χ1n) is 9.73. The number of aromatic nitrogens is 2. The molecule has 1 N–H and O–H groups in total. The normalized spacial score (nSPS) is 31.1. The quantitative estimate of drug-likeness (QED) is 0.926. The van der Waals surface area contributed by atoms with E-state index in [4.69, 9.17) is 0 Å². The van der Waals surface area contributed by atoms with Crippen molar-refractivity contribution in [3.63, 3.8) is 0 Å². The molecule has 23 heavy (non-hydrogen) atoms. The second-order valence-electron chi connectivity index (χ2n) is 8.38. The molecule has 1 aromatic rings. The minimum atomic E-state index is 0.576. The maximum absolute atomic E-state index is 4.15. The van der Waals surface area contributed by atoms with Crippen molar-refractivity contribution in [3.8, 4) is 0 Å². The summed E-state index contributed by atoms with van der Waals surface area (Å²) in [6.07, 6.45) is 15.4. The van der Waals surface area contributed by atoms with E-state index in [-0.39, 0.29) is 0 Å². The lowest BCUT2D eigenvalue weighted by Crippen LogP contribution is -2.46. The molecule has 4 heteroatoms. The predicted octanol–water partition coefficient (Wildman–Crippen LogP) is 3.28. The fourth-order valence-electron chi connectivity index (χ4n) is 5.31. The maximum Gasteiger partial charge on any atom is 0.0922 e. The average Bonchev–Trinajstić information content (AvgIpc) is 3.20. The van der Waals surface area contributed by atoms with Crippen LogP contribution in [0.15, 0.2) is 12.5 Å². The molecule has 128 valence electrons. The summed E-state index contributed by atoms with van der Waals surface area (Å²) in [5.41, 5.74) is 1.84. The second-order valence-corrected chi connectivity index (χ2v) is 8.38. The molecule has 4 rings (SSSR count). The predicted molar refractivity (Wildman–Crippen MR) is 93.2 cm³/mol. The molecule has 1 aromatic heterocycles. The van der Waals surface area contributed by atoms with Gasteiger partial charge in [-0.15, -0.1) is 0 Å². The molecule has 2 saturated heterocycles. The van der Waals surface area contributed by atoms with Gasteiger partial charge in [-0.2, -0.15) is 0 Å². The lowest BCUT2D eigenvalue weighted by molar-refractivity contribution is 0.0736. The molecule has 1 unspecified atom stereocenters. The van der Waals surface area contributed by atoms with Gasteiger partial charge in [-0.1, -0.05) is 19.3 Å². The number of piperidine rings is 1. The second kappa shape index (κ2) is 6.94. The fraction of sp³-hybridized carbons (Fsp3) is 0.842. The van der Waals surface area contributed by atoms with Crippen LogP contribution in [0, 0.1) is 11.3 Å². The number of likely N-dealkylation sites (tertiary alicyclic amines) is 2. The van der Waals surface area contributed by atoms with Gasteiger partial charge in [0.1, 0.15) is 0 Å². The Labute approximate surface area is 140 Å². The van der Waals surface area contributed by atoms with Crippen LogP contribution in [0.5, 0.6) is 0 Å². The van der Waals surface area contributed by atoms with E-state index in [0.717, 1.165) is 12.5 Å². The van der Waals surface area contributed by atoms with Crippen LogP contribution >= 0.6 is 0 Å². The smallest absolute Gasteiger partial charge is 0.0922 e. The van der Waals surface area contributed by atoms with Gasteiger partial charge < -0.3 is 9.88 Å². The molecule has 1 spiro atoms. The van der Waals surface area contributed by atoms with Crippen molar-refractivity contribution in [1.82, 2.24) is 19.8 Å². The Morgan fingerprint density at radius 3 is 2.74 bits per heavy atom. The molecule has 4 nitrogen and oxygen atoms in total. The minimum Gasteiger partial charge on any atom is -0.347 e. The van der Waals surface area contributed by atoms with Gasteiger partial charge in [-0.3, -0.25) is 4.90 Å². The Morgan fingerprint density at radius 1 is 1.04 bits per heavy atom. The molecular weight excluding hydrogens is 284 g/mol. The zero-order chi connectivity index (χ0) is 15.5. The number of hydrogen-bond acceptors (Lipinski definition) is 3. The van der Waals surface area contributed by atoms with Crippen LogP contribution in [0.4, 0.5) is 0 Å². The molecule has 3 heterocycles. The van der Waals surface area contributed by atoms with Crippen molar-refractivity contribution in [2.24, 2.45) is 11.3 Å². The van der Waals surface area contributed by atoms with Crippen LogP contribution in [0.3, 0.4) is 0 Å². The van der Waals surface area contributed by atoms with Gasteiger partial charge in [-0.05, 0) is 56.5 Å². The first-order valence-corrected chi connectivity index (χ1v) is 9.73. The van der Waals surface area contributed by atoms with Gasteiger partial charge in [0, 0.05) is 38.1 Å². The van der Waals surface area contributed by atoms with Crippen molar-refractivity contribution in [3.05, 3.63) is 18.2 Å². The topological polar surface area (TPSA) is 35.2 Å². The molecule has 0 amide bonds. The molecule has 3 aliphatic rings. The van der Waals surface area contributed by atoms with E-state index in [1.165, 1.54) is 89.8 Å². The van der Waals surface area contributed by atoms with Crippen LogP contribution in [0.1, 0.15) is 57.1 Å². The number of hydrogen-bond donors (Lipinski definition) is 1. The highest BCUT2D eigenvalue weighted by Crippen LogP contribution is 2.40. The summed E-state index contributed by atoms with van der Waals surface area (Å²) in [7, 11) is 0. The van der Waals surface area contributed by atoms with Gasteiger partial charge >= 0.3 is 0 Å². The fourth-order valence-corrected chi connectivity index (χ4v) is 5.31. The Bertz CT molecular complexity index is 480. The van der Waals surface area contributed by atoms with E-state index >= 15 is 0 Å². The third-order valence-corrected chi connectivity index (χ3v) is 6.45. The largest absolute Gasteiger partial charge is 0.347 e. The van der Waals surface area contributed by atoms with Gasteiger partial charge in [0.2, 0.25) is 0 Å². The molecular formula is C19H32N4. The molecule has 2 aliphatic heterocycles. The number of nitrogens with zero attached hydrogens (tertiary/aromatic N) is 3. The Hall–Kier alpha value is -0.870. The summed E-state index contributed by atoms with van der Waals surface area (Å²) in [6.45, 7) is 7.66. The van der Waals surface area contributed by atoms with E-state index < -0.39 is 0 Å². The number of H-pyrrole nitrogens is 1. The molecule has 1 saturated carbocycles. The number of nitrogens with one attached hydrogen (secondary N) is 1. The summed E-state index contributed by atoms with van der Waals surface area (Å²) in [4.78, 5) is 12.9. The highest BCUT2D eigenvalue weighted by Gasteiger charge is 2.41. The van der Waals surface area contributed by atoms with E-state index in [9.17, 15) is 0 Å². The standard InChI is InChI=1S/C19H32N4/c1-2-5-17(6-3-1)12-22-9-4-7-19(14-22)8-10-23(15-19)13-18-11-20-16-21-18/h11,16-17H,1-10,12-15H2,(H,20,21). The maximum atomic E-state index is 4.15. The molecule has 3 fully saturated rings. The summed E-state index contributed by atoms with van der Waals surface area (Å²) in [5, 5.41) is 0. The molecule has 0 bridgehead atoms. The number of aromatic amines is 1. The first kappa shape index (κ1) is 15.6. The molecule has 0 radical (unpaired) electrons.